The topological polar surface area (TPSA) is 122 Å². The second kappa shape index (κ2) is 8.49. The lowest BCUT2D eigenvalue weighted by molar-refractivity contribution is -0.138. The third kappa shape index (κ3) is 5.78. The fourth-order valence-corrected chi connectivity index (χ4v) is 3.67. The molecule has 1 aliphatic heterocycles. The van der Waals surface area contributed by atoms with Crippen LogP contribution in [0.4, 0.5) is 0 Å². The molecule has 0 aliphatic carbocycles. The first-order valence-electron chi connectivity index (χ1n) is 8.95. The average Bonchev–Trinajstić information content (AvgIpc) is 2.87. The Bertz CT molecular complexity index is 547. The van der Waals surface area contributed by atoms with Crippen LogP contribution in [0, 0.1) is 0 Å². The molecule has 3 amide bonds. The molecule has 26 heavy (non-hydrogen) atoms. The number of primary amides is 1. The molecule has 1 heterocycles. The first kappa shape index (κ1) is 22.6. The van der Waals surface area contributed by atoms with E-state index in [1.165, 1.54) is 11.8 Å². The Kier molecular flexibility index (Phi) is 7.38. The highest BCUT2D eigenvalue weighted by molar-refractivity contribution is 6.74. The quantitative estimate of drug-likeness (QED) is 0.544. The smallest absolute Gasteiger partial charge is 0.243 e. The first-order chi connectivity index (χ1) is 11.8. The number of hydrogen-bond donors (Lipinski definition) is 3. The highest BCUT2D eigenvalue weighted by Crippen LogP contribution is 2.36. The molecular formula is C17H33N3O5Si. The Balaban J connectivity index is 2.67. The minimum absolute atomic E-state index is 0.0421. The van der Waals surface area contributed by atoms with Crippen molar-refractivity contribution in [1.29, 1.82) is 0 Å². The highest BCUT2D eigenvalue weighted by atomic mass is 28.4. The standard InChI is InChI=1S/C17H33N3O5Si/c1-11(21)20-10-12(22)9-14(20)16(24)19-13(15(18)23)7-8-25-26(5,6)17(2,3)4/h12-14,22H,7-10H2,1-6H3,(H2,18,23)(H,19,24)/t12-,13+,14+/m1/s1. The van der Waals surface area contributed by atoms with Crippen LogP contribution in [0.15, 0.2) is 0 Å². The summed E-state index contributed by atoms with van der Waals surface area (Å²) in [5.41, 5.74) is 5.41. The van der Waals surface area contributed by atoms with Gasteiger partial charge >= 0.3 is 0 Å². The van der Waals surface area contributed by atoms with E-state index < -0.39 is 38.3 Å². The molecule has 0 aromatic carbocycles. The van der Waals surface area contributed by atoms with Crippen molar-refractivity contribution < 1.29 is 23.9 Å². The first-order valence-corrected chi connectivity index (χ1v) is 11.9. The Morgan fingerprint density at radius 3 is 2.38 bits per heavy atom. The second-order valence-corrected chi connectivity index (χ2v) is 13.2. The number of hydrogen-bond acceptors (Lipinski definition) is 5. The summed E-state index contributed by atoms with van der Waals surface area (Å²) >= 11 is 0. The number of aliphatic hydroxyl groups is 1. The van der Waals surface area contributed by atoms with Crippen molar-refractivity contribution in [2.75, 3.05) is 13.2 Å². The molecule has 0 aromatic rings. The number of nitrogens with zero attached hydrogens (tertiary/aromatic N) is 1. The Morgan fingerprint density at radius 1 is 1.35 bits per heavy atom. The molecule has 8 nitrogen and oxygen atoms in total. The summed E-state index contributed by atoms with van der Waals surface area (Å²) in [5, 5.41) is 12.4. The minimum Gasteiger partial charge on any atom is -0.417 e. The number of β-amino-alcohol motifs (C(OH)–C–C–N with tert-alkyl or cyclic N) is 1. The van der Waals surface area contributed by atoms with Gasteiger partial charge in [-0.2, -0.15) is 0 Å². The summed E-state index contributed by atoms with van der Waals surface area (Å²) in [6.07, 6.45) is -0.330. The SMILES string of the molecule is CC(=O)N1C[C@H](O)C[C@H]1C(=O)N[C@@H](CCO[Si](C)(C)C(C)(C)C)C(N)=O. The molecule has 4 N–H and O–H groups in total. The summed E-state index contributed by atoms with van der Waals surface area (Å²) in [6.45, 7) is 12.3. The lowest BCUT2D eigenvalue weighted by Crippen LogP contribution is -2.52. The molecule has 3 atom stereocenters. The molecular weight excluding hydrogens is 354 g/mol. The van der Waals surface area contributed by atoms with E-state index in [2.05, 4.69) is 39.2 Å². The van der Waals surface area contributed by atoms with Crippen molar-refractivity contribution in [3.63, 3.8) is 0 Å². The van der Waals surface area contributed by atoms with Crippen molar-refractivity contribution >= 4 is 26.0 Å². The van der Waals surface area contributed by atoms with Crippen LogP contribution in [0.25, 0.3) is 0 Å². The van der Waals surface area contributed by atoms with Gasteiger partial charge in [0.1, 0.15) is 12.1 Å². The van der Waals surface area contributed by atoms with Gasteiger partial charge in [-0.3, -0.25) is 14.4 Å². The van der Waals surface area contributed by atoms with Crippen LogP contribution in [0.5, 0.6) is 0 Å². The largest absolute Gasteiger partial charge is 0.417 e. The molecule has 1 rings (SSSR count). The number of amides is 3. The van der Waals surface area contributed by atoms with Crippen molar-refractivity contribution in [1.82, 2.24) is 10.2 Å². The van der Waals surface area contributed by atoms with E-state index in [0.29, 0.717) is 6.61 Å². The van der Waals surface area contributed by atoms with Gasteiger partial charge in [0.2, 0.25) is 17.7 Å². The average molecular weight is 388 g/mol. The predicted molar refractivity (Wildman–Crippen MR) is 101 cm³/mol. The maximum absolute atomic E-state index is 12.5. The normalized spacial score (nSPS) is 22.2. The molecule has 0 saturated carbocycles. The van der Waals surface area contributed by atoms with E-state index in [9.17, 15) is 19.5 Å². The van der Waals surface area contributed by atoms with Gasteiger partial charge < -0.3 is 25.5 Å². The molecule has 1 aliphatic rings. The van der Waals surface area contributed by atoms with Crippen molar-refractivity contribution in [3.05, 3.63) is 0 Å². The number of carbonyl (C=O) groups excluding carboxylic acids is 3. The Labute approximate surface area is 156 Å². The van der Waals surface area contributed by atoms with E-state index >= 15 is 0 Å². The zero-order chi connectivity index (χ0) is 20.3. The molecule has 0 spiro atoms. The predicted octanol–water partition coefficient (Wildman–Crippen LogP) is 0.350. The van der Waals surface area contributed by atoms with Gasteiger partial charge in [-0.15, -0.1) is 0 Å². The molecule has 0 radical (unpaired) electrons. The van der Waals surface area contributed by atoms with Gasteiger partial charge in [0.25, 0.3) is 0 Å². The third-order valence-electron chi connectivity index (χ3n) is 5.32. The maximum Gasteiger partial charge on any atom is 0.243 e. The van der Waals surface area contributed by atoms with E-state index in [-0.39, 0.29) is 30.3 Å². The number of likely N-dealkylation sites (tertiary alicyclic amines) is 1. The Hall–Kier alpha value is -1.45. The van der Waals surface area contributed by atoms with Gasteiger partial charge in [0.05, 0.1) is 6.10 Å². The zero-order valence-corrected chi connectivity index (χ0v) is 17.7. The van der Waals surface area contributed by atoms with Crippen molar-refractivity contribution in [2.24, 2.45) is 5.73 Å². The molecule has 0 aromatic heterocycles. The number of nitrogens with one attached hydrogen (secondary N) is 1. The molecule has 0 unspecified atom stereocenters. The third-order valence-corrected chi connectivity index (χ3v) is 9.86. The summed E-state index contributed by atoms with van der Waals surface area (Å²) < 4.78 is 6.03. The lowest BCUT2D eigenvalue weighted by atomic mass is 10.1. The maximum atomic E-state index is 12.5. The number of aliphatic hydroxyl groups excluding tert-OH is 1. The van der Waals surface area contributed by atoms with Gasteiger partial charge in [0, 0.05) is 26.5 Å². The number of carbonyl (C=O) groups is 3. The lowest BCUT2D eigenvalue weighted by Gasteiger charge is -2.36. The molecule has 150 valence electrons. The van der Waals surface area contributed by atoms with Crippen LogP contribution >= 0.6 is 0 Å². The van der Waals surface area contributed by atoms with E-state index in [1.807, 2.05) is 0 Å². The summed E-state index contributed by atoms with van der Waals surface area (Å²) in [4.78, 5) is 37.1. The van der Waals surface area contributed by atoms with Crippen LogP contribution < -0.4 is 11.1 Å². The van der Waals surface area contributed by atoms with Crippen LogP contribution in [0.2, 0.25) is 18.1 Å². The van der Waals surface area contributed by atoms with E-state index in [1.54, 1.807) is 0 Å². The van der Waals surface area contributed by atoms with Crippen molar-refractivity contribution in [2.45, 2.75) is 76.9 Å². The van der Waals surface area contributed by atoms with Gasteiger partial charge in [-0.25, -0.2) is 0 Å². The fraction of sp³-hybridized carbons (Fsp3) is 0.824. The summed E-state index contributed by atoms with van der Waals surface area (Å²) in [6, 6.07) is -1.66. The Morgan fingerprint density at radius 2 is 1.92 bits per heavy atom. The zero-order valence-electron chi connectivity index (χ0n) is 16.7. The monoisotopic (exact) mass is 387 g/mol. The molecule has 9 heteroatoms. The van der Waals surface area contributed by atoms with Gasteiger partial charge in [-0.1, -0.05) is 20.8 Å². The van der Waals surface area contributed by atoms with Crippen molar-refractivity contribution in [3.8, 4) is 0 Å². The van der Waals surface area contributed by atoms with Crippen LogP contribution in [0.1, 0.15) is 40.5 Å². The van der Waals surface area contributed by atoms with E-state index in [4.69, 9.17) is 10.2 Å². The molecule has 0 bridgehead atoms. The minimum atomic E-state index is -1.96. The fourth-order valence-electron chi connectivity index (χ4n) is 2.61. The van der Waals surface area contributed by atoms with E-state index in [0.717, 1.165) is 0 Å². The number of rotatable bonds is 7. The van der Waals surface area contributed by atoms with Crippen LogP contribution in [-0.4, -0.2) is 67.4 Å². The van der Waals surface area contributed by atoms with Crippen LogP contribution in [0.3, 0.4) is 0 Å². The van der Waals surface area contributed by atoms with Gasteiger partial charge in [0.15, 0.2) is 8.32 Å². The van der Waals surface area contributed by atoms with Gasteiger partial charge in [-0.05, 0) is 24.6 Å². The second-order valence-electron chi connectivity index (χ2n) is 8.44. The van der Waals surface area contributed by atoms with Crippen LogP contribution in [-0.2, 0) is 18.8 Å². The molecule has 1 fully saturated rings. The highest BCUT2D eigenvalue weighted by Gasteiger charge is 2.39. The summed E-state index contributed by atoms with van der Waals surface area (Å²) in [5.74, 6) is -1.42. The summed E-state index contributed by atoms with van der Waals surface area (Å²) in [7, 11) is -1.96. The number of nitrogens with two attached hydrogens (primary N) is 1. The molecule has 1 saturated heterocycles.